The van der Waals surface area contributed by atoms with Crippen molar-refractivity contribution in [1.82, 2.24) is 15.0 Å². The van der Waals surface area contributed by atoms with Gasteiger partial charge in [0.15, 0.2) is 12.4 Å². The molecule has 2 aromatic carbocycles. The van der Waals surface area contributed by atoms with Crippen LogP contribution in [0.5, 0.6) is 5.75 Å². The first-order chi connectivity index (χ1) is 16.8. The SMILES string of the molecule is C[C@@H]1CN(Cc2ccc(F)cc2)[C@@H](C)CN1C(=O)COc1ccc(Cl)cc1C(=O)Cc1cnoc1. The molecule has 1 amide bonds. The molecule has 0 spiro atoms. The first-order valence-electron chi connectivity index (χ1n) is 11.4. The van der Waals surface area contributed by atoms with Crippen molar-refractivity contribution in [2.75, 3.05) is 19.7 Å². The lowest BCUT2D eigenvalue weighted by atomic mass is 10.0. The molecule has 1 aromatic heterocycles. The van der Waals surface area contributed by atoms with Gasteiger partial charge < -0.3 is 14.2 Å². The summed E-state index contributed by atoms with van der Waals surface area (Å²) in [5, 5.41) is 4.01. The lowest BCUT2D eigenvalue weighted by Crippen LogP contribution is -2.58. The minimum atomic E-state index is -0.255. The number of ether oxygens (including phenoxy) is 1. The van der Waals surface area contributed by atoms with E-state index in [0.29, 0.717) is 41.5 Å². The highest BCUT2D eigenvalue weighted by molar-refractivity contribution is 6.31. The Labute approximate surface area is 208 Å². The first kappa shape index (κ1) is 24.9. The van der Waals surface area contributed by atoms with Crippen LogP contribution in [0.15, 0.2) is 59.4 Å². The lowest BCUT2D eigenvalue weighted by molar-refractivity contribution is -0.139. The zero-order valence-electron chi connectivity index (χ0n) is 19.6. The van der Waals surface area contributed by atoms with E-state index in [0.717, 1.165) is 5.56 Å². The van der Waals surface area contributed by atoms with Gasteiger partial charge in [-0.3, -0.25) is 14.5 Å². The van der Waals surface area contributed by atoms with Crippen LogP contribution in [-0.2, 0) is 17.8 Å². The van der Waals surface area contributed by atoms with E-state index < -0.39 is 0 Å². The van der Waals surface area contributed by atoms with E-state index in [1.807, 2.05) is 6.92 Å². The monoisotopic (exact) mass is 499 g/mol. The summed E-state index contributed by atoms with van der Waals surface area (Å²) in [6.45, 7) is 5.80. The summed E-state index contributed by atoms with van der Waals surface area (Å²) < 4.78 is 23.8. The third-order valence-electron chi connectivity index (χ3n) is 6.18. The summed E-state index contributed by atoms with van der Waals surface area (Å²) in [4.78, 5) is 29.9. The van der Waals surface area contributed by atoms with Crippen LogP contribution >= 0.6 is 11.6 Å². The Morgan fingerprint density at radius 1 is 1.11 bits per heavy atom. The average molecular weight is 500 g/mol. The molecule has 3 aromatic rings. The predicted molar refractivity (Wildman–Crippen MR) is 129 cm³/mol. The molecule has 1 fully saturated rings. The maximum absolute atomic E-state index is 13.2. The molecule has 184 valence electrons. The number of halogens is 2. The van der Waals surface area contributed by atoms with Gasteiger partial charge in [-0.2, -0.15) is 0 Å². The second-order valence-electron chi connectivity index (χ2n) is 8.86. The van der Waals surface area contributed by atoms with Crippen LogP contribution in [0.3, 0.4) is 0 Å². The highest BCUT2D eigenvalue weighted by atomic mass is 35.5. The molecule has 0 N–H and O–H groups in total. The van der Waals surface area contributed by atoms with Gasteiger partial charge in [0.25, 0.3) is 5.91 Å². The molecule has 1 aliphatic heterocycles. The second-order valence-corrected chi connectivity index (χ2v) is 9.30. The van der Waals surface area contributed by atoms with Gasteiger partial charge in [-0.25, -0.2) is 4.39 Å². The van der Waals surface area contributed by atoms with Gasteiger partial charge in [-0.1, -0.05) is 28.9 Å². The molecule has 2 heterocycles. The minimum Gasteiger partial charge on any atom is -0.483 e. The summed E-state index contributed by atoms with van der Waals surface area (Å²) >= 11 is 6.10. The number of hydrogen-bond donors (Lipinski definition) is 0. The molecule has 0 radical (unpaired) electrons. The fourth-order valence-electron chi connectivity index (χ4n) is 4.25. The number of rotatable bonds is 8. The van der Waals surface area contributed by atoms with E-state index in [1.165, 1.54) is 30.7 Å². The van der Waals surface area contributed by atoms with E-state index in [4.69, 9.17) is 20.9 Å². The zero-order valence-corrected chi connectivity index (χ0v) is 20.4. The van der Waals surface area contributed by atoms with Crippen molar-refractivity contribution in [3.05, 3.63) is 82.5 Å². The quantitative estimate of drug-likeness (QED) is 0.428. The Kier molecular flexibility index (Phi) is 7.83. The number of piperazine rings is 1. The summed E-state index contributed by atoms with van der Waals surface area (Å²) in [6, 6.07) is 11.3. The Balaban J connectivity index is 1.37. The standard InChI is InChI=1S/C26H27ClFN3O4/c1-17-13-31(18(2)12-30(17)14-19-3-6-22(28)7-4-19)26(33)16-34-25-8-5-21(27)10-23(25)24(32)9-20-11-29-35-15-20/h3-8,10-11,15,17-18H,9,12-14,16H2,1-2H3/t17-,18+/m0/s1. The minimum absolute atomic E-state index is 0.0253. The van der Waals surface area contributed by atoms with Gasteiger partial charge in [0.2, 0.25) is 0 Å². The summed E-state index contributed by atoms with van der Waals surface area (Å²) in [7, 11) is 0. The maximum Gasteiger partial charge on any atom is 0.260 e. The number of nitrogens with zero attached hydrogens (tertiary/aromatic N) is 3. The topological polar surface area (TPSA) is 75.9 Å². The smallest absolute Gasteiger partial charge is 0.260 e. The van der Waals surface area contributed by atoms with Crippen LogP contribution < -0.4 is 4.74 Å². The van der Waals surface area contributed by atoms with Crippen molar-refractivity contribution in [3.8, 4) is 5.75 Å². The van der Waals surface area contributed by atoms with Crippen molar-refractivity contribution in [1.29, 1.82) is 0 Å². The molecule has 0 saturated carbocycles. The van der Waals surface area contributed by atoms with Gasteiger partial charge in [0.1, 0.15) is 17.8 Å². The molecule has 9 heteroatoms. The average Bonchev–Trinajstić information content (AvgIpc) is 3.34. The summed E-state index contributed by atoms with van der Waals surface area (Å²) in [5.74, 6) is -0.317. The number of benzene rings is 2. The van der Waals surface area contributed by atoms with Crippen molar-refractivity contribution >= 4 is 23.3 Å². The molecule has 35 heavy (non-hydrogen) atoms. The van der Waals surface area contributed by atoms with Gasteiger partial charge in [-0.05, 0) is 49.7 Å². The second kappa shape index (κ2) is 11.0. The van der Waals surface area contributed by atoms with Crippen molar-refractivity contribution < 1.29 is 23.2 Å². The van der Waals surface area contributed by atoms with Gasteiger partial charge >= 0.3 is 0 Å². The molecule has 4 rings (SSSR count). The van der Waals surface area contributed by atoms with Crippen LogP contribution in [0.2, 0.25) is 5.02 Å². The molecule has 2 atom stereocenters. The van der Waals surface area contributed by atoms with Crippen LogP contribution in [0.4, 0.5) is 4.39 Å². The molecule has 1 aliphatic rings. The van der Waals surface area contributed by atoms with E-state index in [2.05, 4.69) is 17.0 Å². The number of carbonyl (C=O) groups is 2. The van der Waals surface area contributed by atoms with Crippen LogP contribution in [0.25, 0.3) is 0 Å². The number of Topliss-reactive ketones (excluding diaryl/α,β-unsaturated/α-hetero) is 1. The highest BCUT2D eigenvalue weighted by Gasteiger charge is 2.32. The number of amides is 1. The molecule has 1 saturated heterocycles. The normalized spacial score (nSPS) is 18.5. The van der Waals surface area contributed by atoms with E-state index in [9.17, 15) is 14.0 Å². The Morgan fingerprint density at radius 2 is 1.89 bits per heavy atom. The Morgan fingerprint density at radius 3 is 2.60 bits per heavy atom. The fourth-order valence-corrected chi connectivity index (χ4v) is 4.43. The molecule has 0 bridgehead atoms. The Bertz CT molecular complexity index is 1170. The molecule has 0 unspecified atom stereocenters. The van der Waals surface area contributed by atoms with E-state index >= 15 is 0 Å². The van der Waals surface area contributed by atoms with Crippen LogP contribution in [0, 0.1) is 5.82 Å². The third-order valence-corrected chi connectivity index (χ3v) is 6.41. The Hall–Kier alpha value is -3.23. The first-order valence-corrected chi connectivity index (χ1v) is 11.8. The van der Waals surface area contributed by atoms with Crippen molar-refractivity contribution in [2.45, 2.75) is 38.9 Å². The molecular weight excluding hydrogens is 473 g/mol. The van der Waals surface area contributed by atoms with E-state index in [1.54, 1.807) is 29.2 Å². The summed E-state index contributed by atoms with van der Waals surface area (Å²) in [6.07, 6.45) is 2.97. The van der Waals surface area contributed by atoms with Crippen LogP contribution in [-0.4, -0.2) is 58.4 Å². The lowest BCUT2D eigenvalue weighted by Gasteiger charge is -2.44. The zero-order chi connectivity index (χ0) is 24.9. The highest BCUT2D eigenvalue weighted by Crippen LogP contribution is 2.25. The molecule has 0 aliphatic carbocycles. The largest absolute Gasteiger partial charge is 0.483 e. The van der Waals surface area contributed by atoms with Gasteiger partial charge in [-0.15, -0.1) is 0 Å². The van der Waals surface area contributed by atoms with Crippen molar-refractivity contribution in [3.63, 3.8) is 0 Å². The number of ketones is 1. The van der Waals surface area contributed by atoms with Crippen LogP contribution in [0.1, 0.15) is 35.3 Å². The van der Waals surface area contributed by atoms with Gasteiger partial charge in [0.05, 0.1) is 11.8 Å². The predicted octanol–water partition coefficient (Wildman–Crippen LogP) is 4.39. The van der Waals surface area contributed by atoms with E-state index in [-0.39, 0.29) is 42.6 Å². The number of carbonyl (C=O) groups excluding carboxylic acids is 2. The number of hydrogen-bond acceptors (Lipinski definition) is 6. The number of aromatic nitrogens is 1. The summed E-state index contributed by atoms with van der Waals surface area (Å²) in [5.41, 5.74) is 1.97. The fraction of sp³-hybridized carbons (Fsp3) is 0.346. The molecule has 7 nitrogen and oxygen atoms in total. The van der Waals surface area contributed by atoms with Gasteiger partial charge in [0, 0.05) is 48.7 Å². The molecular formula is C26H27ClFN3O4. The van der Waals surface area contributed by atoms with Crippen molar-refractivity contribution in [2.24, 2.45) is 0 Å². The third kappa shape index (κ3) is 6.26. The maximum atomic E-state index is 13.2.